The van der Waals surface area contributed by atoms with Gasteiger partial charge in [0.1, 0.15) is 0 Å². The number of hydrogen-bond donors (Lipinski definition) is 1. The molecule has 0 radical (unpaired) electrons. The van der Waals surface area contributed by atoms with Crippen LogP contribution in [0.5, 0.6) is 0 Å². The number of rotatable bonds is 2. The average Bonchev–Trinajstić information content (AvgIpc) is 2.51. The quantitative estimate of drug-likeness (QED) is 0.750. The molecule has 2 rings (SSSR count). The van der Waals surface area contributed by atoms with Gasteiger partial charge in [-0.05, 0) is 19.9 Å². The summed E-state index contributed by atoms with van der Waals surface area (Å²) in [5.74, 6) is 0.793. The third kappa shape index (κ3) is 2.55. The zero-order valence-corrected chi connectivity index (χ0v) is 10.1. The molecule has 0 aromatic carbocycles. The molecular formula is C12H22N2O2. The van der Waals surface area contributed by atoms with Crippen molar-refractivity contribution in [1.82, 2.24) is 10.2 Å². The van der Waals surface area contributed by atoms with Gasteiger partial charge in [0.2, 0.25) is 5.91 Å². The molecule has 1 amide bonds. The first kappa shape index (κ1) is 11.9. The fraction of sp³-hybridized carbons (Fsp3) is 0.917. The van der Waals surface area contributed by atoms with Crippen LogP contribution in [0.25, 0.3) is 0 Å². The Morgan fingerprint density at radius 3 is 3.06 bits per heavy atom. The molecular weight excluding hydrogens is 204 g/mol. The van der Waals surface area contributed by atoms with Crippen molar-refractivity contribution in [2.24, 2.45) is 5.92 Å². The van der Waals surface area contributed by atoms with E-state index in [1.54, 1.807) is 0 Å². The number of fused-ring (bicyclic) bond motifs is 1. The number of amides is 1. The van der Waals surface area contributed by atoms with Crippen LogP contribution in [0.3, 0.4) is 0 Å². The van der Waals surface area contributed by atoms with Crippen LogP contribution >= 0.6 is 0 Å². The summed E-state index contributed by atoms with van der Waals surface area (Å²) in [6.45, 7) is 2.75. The van der Waals surface area contributed by atoms with Crippen molar-refractivity contribution in [3.63, 3.8) is 0 Å². The monoisotopic (exact) mass is 226 g/mol. The standard InChI is InChI=1S/C12H22N2O2/c1-13-8-12(15)14-6-7-16-9-10-4-2-3-5-11(10)14/h10-11,13H,2-9H2,1H3/t10-,11+/m1/s1. The van der Waals surface area contributed by atoms with Gasteiger partial charge >= 0.3 is 0 Å². The predicted octanol–water partition coefficient (Wildman–Crippen LogP) is 0.623. The van der Waals surface area contributed by atoms with Gasteiger partial charge in [0.15, 0.2) is 0 Å². The molecule has 0 unspecified atom stereocenters. The minimum atomic E-state index is 0.227. The number of nitrogens with zero attached hydrogens (tertiary/aromatic N) is 1. The lowest BCUT2D eigenvalue weighted by Gasteiger charge is -2.37. The van der Waals surface area contributed by atoms with Gasteiger partial charge in [-0.3, -0.25) is 4.79 Å². The second kappa shape index (κ2) is 5.64. The molecule has 2 atom stereocenters. The Balaban J connectivity index is 2.05. The van der Waals surface area contributed by atoms with Crippen molar-refractivity contribution >= 4 is 5.91 Å². The van der Waals surface area contributed by atoms with Crippen LogP contribution in [0.4, 0.5) is 0 Å². The second-order valence-corrected chi connectivity index (χ2v) is 4.80. The maximum atomic E-state index is 12.0. The summed E-state index contributed by atoms with van der Waals surface area (Å²) in [6.07, 6.45) is 4.92. The van der Waals surface area contributed by atoms with Gasteiger partial charge in [0.05, 0.1) is 19.8 Å². The highest BCUT2D eigenvalue weighted by molar-refractivity contribution is 5.78. The van der Waals surface area contributed by atoms with E-state index < -0.39 is 0 Å². The lowest BCUT2D eigenvalue weighted by Crippen LogP contribution is -2.48. The van der Waals surface area contributed by atoms with Crippen LogP contribution in [0, 0.1) is 5.92 Å². The number of carbonyl (C=O) groups is 1. The molecule has 0 aromatic heterocycles. The molecule has 92 valence electrons. The van der Waals surface area contributed by atoms with Crippen LogP contribution < -0.4 is 5.32 Å². The summed E-state index contributed by atoms with van der Waals surface area (Å²) in [5.41, 5.74) is 0. The molecule has 0 spiro atoms. The Hall–Kier alpha value is -0.610. The Morgan fingerprint density at radius 1 is 1.44 bits per heavy atom. The molecule has 1 saturated heterocycles. The molecule has 0 aromatic rings. The third-order valence-electron chi connectivity index (χ3n) is 3.73. The van der Waals surface area contributed by atoms with Gasteiger partial charge in [0.25, 0.3) is 0 Å². The van der Waals surface area contributed by atoms with E-state index >= 15 is 0 Å². The molecule has 1 N–H and O–H groups in total. The van der Waals surface area contributed by atoms with Gasteiger partial charge in [0, 0.05) is 18.5 Å². The van der Waals surface area contributed by atoms with E-state index in [9.17, 15) is 4.79 Å². The highest BCUT2D eigenvalue weighted by Crippen LogP contribution is 2.30. The normalized spacial score (nSPS) is 30.7. The third-order valence-corrected chi connectivity index (χ3v) is 3.73. The van der Waals surface area contributed by atoms with Crippen molar-refractivity contribution in [2.75, 3.05) is 33.4 Å². The summed E-state index contributed by atoms with van der Waals surface area (Å²) < 4.78 is 5.61. The van der Waals surface area contributed by atoms with E-state index in [1.165, 1.54) is 19.3 Å². The highest BCUT2D eigenvalue weighted by atomic mass is 16.5. The number of likely N-dealkylation sites (N-methyl/N-ethyl adjacent to an activating group) is 1. The average molecular weight is 226 g/mol. The van der Waals surface area contributed by atoms with E-state index in [1.807, 2.05) is 11.9 Å². The molecule has 1 aliphatic carbocycles. The molecule has 4 heteroatoms. The number of ether oxygens (including phenoxy) is 1. The topological polar surface area (TPSA) is 41.6 Å². The highest BCUT2D eigenvalue weighted by Gasteiger charge is 2.34. The molecule has 1 aliphatic heterocycles. The van der Waals surface area contributed by atoms with Crippen LogP contribution in [0.1, 0.15) is 25.7 Å². The van der Waals surface area contributed by atoms with Gasteiger partial charge in [-0.1, -0.05) is 12.8 Å². The lowest BCUT2D eigenvalue weighted by molar-refractivity contribution is -0.133. The van der Waals surface area contributed by atoms with E-state index in [0.29, 0.717) is 25.1 Å². The zero-order valence-electron chi connectivity index (χ0n) is 10.1. The Morgan fingerprint density at radius 2 is 2.25 bits per heavy atom. The molecule has 1 saturated carbocycles. The SMILES string of the molecule is CNCC(=O)N1CCOC[C@H]2CCCC[C@@H]21. The molecule has 4 nitrogen and oxygen atoms in total. The van der Waals surface area contributed by atoms with Crippen LogP contribution in [0.2, 0.25) is 0 Å². The van der Waals surface area contributed by atoms with Crippen molar-refractivity contribution in [2.45, 2.75) is 31.7 Å². The van der Waals surface area contributed by atoms with Crippen LogP contribution in [0.15, 0.2) is 0 Å². The van der Waals surface area contributed by atoms with Gasteiger partial charge in [-0.15, -0.1) is 0 Å². The Kier molecular flexibility index (Phi) is 4.18. The lowest BCUT2D eigenvalue weighted by atomic mass is 9.84. The first-order valence-electron chi connectivity index (χ1n) is 6.34. The fourth-order valence-corrected chi connectivity index (χ4v) is 2.92. The number of carbonyl (C=O) groups excluding carboxylic acids is 1. The molecule has 2 fully saturated rings. The van der Waals surface area contributed by atoms with Crippen molar-refractivity contribution in [1.29, 1.82) is 0 Å². The van der Waals surface area contributed by atoms with E-state index in [0.717, 1.165) is 19.6 Å². The van der Waals surface area contributed by atoms with Crippen molar-refractivity contribution in [3.05, 3.63) is 0 Å². The minimum Gasteiger partial charge on any atom is -0.379 e. The number of nitrogens with one attached hydrogen (secondary N) is 1. The molecule has 16 heavy (non-hydrogen) atoms. The molecule has 1 heterocycles. The van der Waals surface area contributed by atoms with E-state index in [2.05, 4.69) is 5.32 Å². The summed E-state index contributed by atoms with van der Waals surface area (Å²) in [5, 5.41) is 2.95. The maximum absolute atomic E-state index is 12.0. The summed E-state index contributed by atoms with van der Waals surface area (Å²) in [7, 11) is 1.82. The van der Waals surface area contributed by atoms with Gasteiger partial charge < -0.3 is 15.0 Å². The minimum absolute atomic E-state index is 0.227. The van der Waals surface area contributed by atoms with E-state index in [-0.39, 0.29) is 5.91 Å². The van der Waals surface area contributed by atoms with Crippen LogP contribution in [-0.4, -0.2) is 50.2 Å². The smallest absolute Gasteiger partial charge is 0.236 e. The largest absolute Gasteiger partial charge is 0.379 e. The first-order valence-corrected chi connectivity index (χ1v) is 6.34. The fourth-order valence-electron chi connectivity index (χ4n) is 2.92. The number of hydrogen-bond acceptors (Lipinski definition) is 3. The van der Waals surface area contributed by atoms with Crippen molar-refractivity contribution < 1.29 is 9.53 Å². The molecule has 0 bridgehead atoms. The Labute approximate surface area is 97.3 Å². The van der Waals surface area contributed by atoms with Gasteiger partial charge in [-0.25, -0.2) is 0 Å². The van der Waals surface area contributed by atoms with E-state index in [4.69, 9.17) is 4.74 Å². The van der Waals surface area contributed by atoms with Crippen molar-refractivity contribution in [3.8, 4) is 0 Å². The summed E-state index contributed by atoms with van der Waals surface area (Å²) in [6, 6.07) is 0.428. The predicted molar refractivity (Wildman–Crippen MR) is 62.2 cm³/mol. The van der Waals surface area contributed by atoms with Crippen LogP contribution in [-0.2, 0) is 9.53 Å². The maximum Gasteiger partial charge on any atom is 0.236 e. The van der Waals surface area contributed by atoms with Gasteiger partial charge in [-0.2, -0.15) is 0 Å². The summed E-state index contributed by atoms with van der Waals surface area (Å²) >= 11 is 0. The zero-order chi connectivity index (χ0) is 11.4. The second-order valence-electron chi connectivity index (χ2n) is 4.80. The molecule has 2 aliphatic rings. The first-order chi connectivity index (χ1) is 7.83. The summed E-state index contributed by atoms with van der Waals surface area (Å²) in [4.78, 5) is 14.1. The Bertz CT molecular complexity index is 245.